The summed E-state index contributed by atoms with van der Waals surface area (Å²) in [6.45, 7) is 5.32. The fourth-order valence-corrected chi connectivity index (χ4v) is 2.84. The fourth-order valence-electron chi connectivity index (χ4n) is 2.58. The third-order valence-corrected chi connectivity index (χ3v) is 4.20. The molecule has 2 atom stereocenters. The van der Waals surface area contributed by atoms with Gasteiger partial charge in [0.15, 0.2) is 0 Å². The topological polar surface area (TPSA) is 29.3 Å². The van der Waals surface area contributed by atoms with Crippen molar-refractivity contribution in [1.82, 2.24) is 4.90 Å². The maximum Gasteiger partial charge on any atom is 0.0237 e. The van der Waals surface area contributed by atoms with Gasteiger partial charge < -0.3 is 5.73 Å². The van der Waals surface area contributed by atoms with E-state index in [0.29, 0.717) is 6.04 Å². The smallest absolute Gasteiger partial charge is 0.0237 e. The van der Waals surface area contributed by atoms with Crippen LogP contribution in [0, 0.1) is 5.92 Å². The molecular weight excluding hydrogens is 276 g/mol. The first-order valence-electron chi connectivity index (χ1n) is 6.37. The van der Waals surface area contributed by atoms with Crippen molar-refractivity contribution in [1.29, 1.82) is 0 Å². The van der Waals surface area contributed by atoms with Gasteiger partial charge in [0.2, 0.25) is 0 Å². The van der Waals surface area contributed by atoms with E-state index >= 15 is 0 Å². The molecule has 2 nitrogen and oxygen atoms in total. The van der Waals surface area contributed by atoms with Crippen molar-refractivity contribution in [3.63, 3.8) is 0 Å². The number of likely N-dealkylation sites (tertiary alicyclic amines) is 1. The summed E-state index contributed by atoms with van der Waals surface area (Å²) in [6, 6.07) is 9.16. The minimum Gasteiger partial charge on any atom is -0.329 e. The van der Waals surface area contributed by atoms with Gasteiger partial charge in [0.25, 0.3) is 0 Å². The van der Waals surface area contributed by atoms with E-state index in [1.807, 2.05) is 0 Å². The van der Waals surface area contributed by atoms with Crippen molar-refractivity contribution >= 4 is 15.9 Å². The number of nitrogens with zero attached hydrogens (tertiary/aromatic N) is 1. The van der Waals surface area contributed by atoms with Crippen LogP contribution in [-0.2, 0) is 6.54 Å². The SMILES string of the molecule is CC1CCN(Cc2ccc(Br)cc2)C(CN)C1. The highest BCUT2D eigenvalue weighted by Crippen LogP contribution is 2.23. The van der Waals surface area contributed by atoms with E-state index in [0.717, 1.165) is 23.5 Å². The molecule has 0 aliphatic carbocycles. The maximum absolute atomic E-state index is 5.88. The minimum absolute atomic E-state index is 0.558. The van der Waals surface area contributed by atoms with E-state index in [1.54, 1.807) is 0 Å². The summed E-state index contributed by atoms with van der Waals surface area (Å²) >= 11 is 3.47. The van der Waals surface area contributed by atoms with Gasteiger partial charge in [-0.25, -0.2) is 0 Å². The van der Waals surface area contributed by atoms with Gasteiger partial charge in [-0.2, -0.15) is 0 Å². The zero-order valence-corrected chi connectivity index (χ0v) is 12.0. The van der Waals surface area contributed by atoms with Crippen LogP contribution < -0.4 is 5.73 Å². The Hall–Kier alpha value is -0.380. The predicted molar refractivity (Wildman–Crippen MR) is 75.8 cm³/mol. The summed E-state index contributed by atoms with van der Waals surface area (Å²) in [5.74, 6) is 0.824. The Balaban J connectivity index is 1.99. The third-order valence-electron chi connectivity index (χ3n) is 3.67. The van der Waals surface area contributed by atoms with Crippen molar-refractivity contribution in [2.45, 2.75) is 32.4 Å². The van der Waals surface area contributed by atoms with Crippen LogP contribution in [0.2, 0.25) is 0 Å². The summed E-state index contributed by atoms with van der Waals surface area (Å²) in [6.07, 6.45) is 2.54. The Morgan fingerprint density at radius 2 is 2.06 bits per heavy atom. The summed E-state index contributed by atoms with van der Waals surface area (Å²) in [5, 5.41) is 0. The molecule has 0 amide bonds. The van der Waals surface area contributed by atoms with Gasteiger partial charge in [-0.05, 0) is 43.0 Å². The van der Waals surface area contributed by atoms with Gasteiger partial charge in [-0.15, -0.1) is 0 Å². The predicted octanol–water partition coefficient (Wildman–Crippen LogP) is 3.01. The van der Waals surface area contributed by atoms with Crippen LogP contribution >= 0.6 is 15.9 Å². The number of piperidine rings is 1. The van der Waals surface area contributed by atoms with E-state index in [-0.39, 0.29) is 0 Å². The number of nitrogens with two attached hydrogens (primary N) is 1. The molecule has 2 N–H and O–H groups in total. The second-order valence-electron chi connectivity index (χ2n) is 5.12. The molecule has 1 aliphatic heterocycles. The number of benzene rings is 1. The highest BCUT2D eigenvalue weighted by atomic mass is 79.9. The lowest BCUT2D eigenvalue weighted by Gasteiger charge is -2.38. The average molecular weight is 297 g/mol. The molecule has 1 fully saturated rings. The van der Waals surface area contributed by atoms with Crippen molar-refractivity contribution < 1.29 is 0 Å². The Kier molecular flexibility index (Phi) is 4.60. The van der Waals surface area contributed by atoms with Crippen LogP contribution in [0.25, 0.3) is 0 Å². The molecule has 2 unspecified atom stereocenters. The molecule has 17 heavy (non-hydrogen) atoms. The summed E-state index contributed by atoms with van der Waals surface area (Å²) in [7, 11) is 0. The van der Waals surface area contributed by atoms with Crippen LogP contribution in [0.15, 0.2) is 28.7 Å². The second kappa shape index (κ2) is 5.98. The van der Waals surface area contributed by atoms with Crippen molar-refractivity contribution in [3.05, 3.63) is 34.3 Å². The Labute approximate surface area is 112 Å². The van der Waals surface area contributed by atoms with Crippen molar-refractivity contribution in [3.8, 4) is 0 Å². The molecule has 1 heterocycles. The normalized spacial score (nSPS) is 26.1. The fraction of sp³-hybridized carbons (Fsp3) is 0.571. The quantitative estimate of drug-likeness (QED) is 0.929. The minimum atomic E-state index is 0.558. The molecule has 0 aromatic heterocycles. The summed E-state index contributed by atoms with van der Waals surface area (Å²) in [5.41, 5.74) is 7.26. The highest BCUT2D eigenvalue weighted by Gasteiger charge is 2.24. The molecule has 1 aliphatic rings. The zero-order chi connectivity index (χ0) is 12.3. The first kappa shape index (κ1) is 13.1. The monoisotopic (exact) mass is 296 g/mol. The molecule has 3 heteroatoms. The molecule has 1 aromatic carbocycles. The van der Waals surface area contributed by atoms with E-state index in [2.05, 4.69) is 52.0 Å². The number of hydrogen-bond donors (Lipinski definition) is 1. The highest BCUT2D eigenvalue weighted by molar-refractivity contribution is 9.10. The third kappa shape index (κ3) is 3.54. The van der Waals surface area contributed by atoms with Gasteiger partial charge in [0.05, 0.1) is 0 Å². The lowest BCUT2D eigenvalue weighted by molar-refractivity contribution is 0.115. The molecule has 2 rings (SSSR count). The molecule has 1 saturated heterocycles. The van der Waals surface area contributed by atoms with E-state index in [1.165, 1.54) is 24.9 Å². The Morgan fingerprint density at radius 1 is 1.35 bits per heavy atom. The van der Waals surface area contributed by atoms with E-state index < -0.39 is 0 Å². The molecular formula is C14H21BrN2. The second-order valence-corrected chi connectivity index (χ2v) is 6.03. The first-order chi connectivity index (χ1) is 8.19. The van der Waals surface area contributed by atoms with Crippen molar-refractivity contribution in [2.24, 2.45) is 11.7 Å². The Morgan fingerprint density at radius 3 is 2.71 bits per heavy atom. The van der Waals surface area contributed by atoms with E-state index in [4.69, 9.17) is 5.73 Å². The van der Waals surface area contributed by atoms with E-state index in [9.17, 15) is 0 Å². The standard InChI is InChI=1S/C14H21BrN2/c1-11-6-7-17(14(8-11)9-16)10-12-2-4-13(15)5-3-12/h2-5,11,14H,6-10,16H2,1H3. The maximum atomic E-state index is 5.88. The van der Waals surface area contributed by atoms with Crippen LogP contribution in [0.5, 0.6) is 0 Å². The van der Waals surface area contributed by atoms with Crippen molar-refractivity contribution in [2.75, 3.05) is 13.1 Å². The van der Waals surface area contributed by atoms with Crippen LogP contribution in [-0.4, -0.2) is 24.0 Å². The van der Waals surface area contributed by atoms with Crippen LogP contribution in [0.4, 0.5) is 0 Å². The Bertz CT molecular complexity index is 350. The molecule has 94 valence electrons. The van der Waals surface area contributed by atoms with Gasteiger partial charge in [-0.3, -0.25) is 4.90 Å². The molecule has 0 bridgehead atoms. The molecule has 0 saturated carbocycles. The number of hydrogen-bond acceptors (Lipinski definition) is 2. The first-order valence-corrected chi connectivity index (χ1v) is 7.17. The molecule has 0 spiro atoms. The largest absolute Gasteiger partial charge is 0.329 e. The average Bonchev–Trinajstić information content (AvgIpc) is 2.34. The van der Waals surface area contributed by atoms with Gasteiger partial charge >= 0.3 is 0 Å². The zero-order valence-electron chi connectivity index (χ0n) is 10.4. The summed E-state index contributed by atoms with van der Waals surface area (Å²) in [4.78, 5) is 2.53. The van der Waals surface area contributed by atoms with Gasteiger partial charge in [0.1, 0.15) is 0 Å². The lowest BCUT2D eigenvalue weighted by atomic mass is 9.92. The number of rotatable bonds is 3. The lowest BCUT2D eigenvalue weighted by Crippen LogP contribution is -2.45. The van der Waals surface area contributed by atoms with Gasteiger partial charge in [0, 0.05) is 23.6 Å². The molecule has 1 aromatic rings. The van der Waals surface area contributed by atoms with Crippen LogP contribution in [0.3, 0.4) is 0 Å². The summed E-state index contributed by atoms with van der Waals surface area (Å²) < 4.78 is 1.14. The number of halogens is 1. The van der Waals surface area contributed by atoms with Crippen LogP contribution in [0.1, 0.15) is 25.3 Å². The molecule has 0 radical (unpaired) electrons. The van der Waals surface area contributed by atoms with Gasteiger partial charge in [-0.1, -0.05) is 35.0 Å².